The molecule has 0 aromatic carbocycles. The second-order valence-electron chi connectivity index (χ2n) is 4.60. The predicted octanol–water partition coefficient (Wildman–Crippen LogP) is 0.393. The van der Waals surface area contributed by atoms with E-state index < -0.39 is 6.04 Å². The first-order chi connectivity index (χ1) is 7.13. The van der Waals surface area contributed by atoms with Gasteiger partial charge >= 0.3 is 0 Å². The topological polar surface area (TPSA) is 75.4 Å². The minimum Gasteiger partial charge on any atom is -0.396 e. The lowest BCUT2D eigenvalue weighted by molar-refractivity contribution is -0.123. The first-order valence-corrected chi connectivity index (χ1v) is 5.78. The molecule has 0 radical (unpaired) electrons. The number of hydrogen-bond donors (Lipinski definition) is 3. The highest BCUT2D eigenvalue weighted by molar-refractivity contribution is 5.81. The van der Waals surface area contributed by atoms with Crippen LogP contribution in [-0.2, 0) is 4.79 Å². The van der Waals surface area contributed by atoms with Crippen molar-refractivity contribution >= 4 is 5.91 Å². The number of rotatable bonds is 5. The Kier molecular flexibility index (Phi) is 4.54. The molecule has 0 aromatic heterocycles. The van der Waals surface area contributed by atoms with Gasteiger partial charge in [-0.2, -0.15) is 0 Å². The van der Waals surface area contributed by atoms with Crippen LogP contribution < -0.4 is 11.1 Å². The van der Waals surface area contributed by atoms with Gasteiger partial charge in [0.2, 0.25) is 5.91 Å². The van der Waals surface area contributed by atoms with Crippen molar-refractivity contribution in [1.82, 2.24) is 5.32 Å². The SMILES string of the molecule is CC[C@H](N)C(=O)NCC1(CO)CCCC1. The largest absolute Gasteiger partial charge is 0.396 e. The third-order valence-electron chi connectivity index (χ3n) is 3.41. The lowest BCUT2D eigenvalue weighted by atomic mass is 9.87. The Balaban J connectivity index is 2.37. The molecule has 0 bridgehead atoms. The van der Waals surface area contributed by atoms with Gasteiger partial charge in [0.05, 0.1) is 12.6 Å². The number of aliphatic hydroxyl groups excluding tert-OH is 1. The van der Waals surface area contributed by atoms with Crippen molar-refractivity contribution < 1.29 is 9.90 Å². The lowest BCUT2D eigenvalue weighted by Gasteiger charge is -2.27. The van der Waals surface area contributed by atoms with E-state index in [0.29, 0.717) is 13.0 Å². The van der Waals surface area contributed by atoms with Gasteiger partial charge in [-0.3, -0.25) is 4.79 Å². The maximum Gasteiger partial charge on any atom is 0.236 e. The molecular weight excluding hydrogens is 192 g/mol. The molecule has 1 atom stereocenters. The molecule has 0 spiro atoms. The van der Waals surface area contributed by atoms with E-state index in [9.17, 15) is 9.90 Å². The molecule has 1 aliphatic carbocycles. The summed E-state index contributed by atoms with van der Waals surface area (Å²) in [6, 6.07) is -0.415. The van der Waals surface area contributed by atoms with Gasteiger partial charge in [0, 0.05) is 12.0 Å². The maximum absolute atomic E-state index is 11.5. The molecule has 1 rings (SSSR count). The number of nitrogens with one attached hydrogen (secondary N) is 1. The lowest BCUT2D eigenvalue weighted by Crippen LogP contribution is -2.45. The smallest absolute Gasteiger partial charge is 0.236 e. The van der Waals surface area contributed by atoms with Gasteiger partial charge in [-0.1, -0.05) is 19.8 Å². The molecule has 88 valence electrons. The Morgan fingerprint density at radius 2 is 2.13 bits per heavy atom. The molecule has 4 nitrogen and oxygen atoms in total. The molecular formula is C11H22N2O2. The molecule has 0 heterocycles. The van der Waals surface area contributed by atoms with Crippen molar-refractivity contribution in [2.45, 2.75) is 45.1 Å². The van der Waals surface area contributed by atoms with E-state index in [-0.39, 0.29) is 17.9 Å². The summed E-state index contributed by atoms with van der Waals surface area (Å²) in [6.45, 7) is 2.62. The van der Waals surface area contributed by atoms with E-state index in [1.807, 2.05) is 6.92 Å². The molecule has 1 fully saturated rings. The van der Waals surface area contributed by atoms with E-state index in [1.165, 1.54) is 0 Å². The fourth-order valence-corrected chi connectivity index (χ4v) is 2.11. The summed E-state index contributed by atoms with van der Waals surface area (Å²) in [6.07, 6.45) is 4.96. The van der Waals surface area contributed by atoms with E-state index in [4.69, 9.17) is 5.73 Å². The normalized spacial score (nSPS) is 21.3. The second kappa shape index (κ2) is 5.47. The van der Waals surface area contributed by atoms with Crippen LogP contribution in [0.15, 0.2) is 0 Å². The summed E-state index contributed by atoms with van der Waals surface area (Å²) in [7, 11) is 0. The summed E-state index contributed by atoms with van der Waals surface area (Å²) in [5, 5.41) is 12.2. The van der Waals surface area contributed by atoms with E-state index >= 15 is 0 Å². The minimum atomic E-state index is -0.415. The second-order valence-corrected chi connectivity index (χ2v) is 4.60. The van der Waals surface area contributed by atoms with Gasteiger partial charge in [0.1, 0.15) is 0 Å². The van der Waals surface area contributed by atoms with Crippen LogP contribution in [0.4, 0.5) is 0 Å². The first-order valence-electron chi connectivity index (χ1n) is 5.78. The Bertz CT molecular complexity index is 213. The molecule has 1 saturated carbocycles. The van der Waals surface area contributed by atoms with E-state index in [1.54, 1.807) is 0 Å². The molecule has 1 aliphatic rings. The van der Waals surface area contributed by atoms with Crippen LogP contribution in [0.3, 0.4) is 0 Å². The molecule has 0 aliphatic heterocycles. The molecule has 0 saturated heterocycles. The highest BCUT2D eigenvalue weighted by Gasteiger charge is 2.33. The fraction of sp³-hybridized carbons (Fsp3) is 0.909. The highest BCUT2D eigenvalue weighted by Crippen LogP contribution is 2.36. The monoisotopic (exact) mass is 214 g/mol. The van der Waals surface area contributed by atoms with Gasteiger partial charge < -0.3 is 16.2 Å². The summed E-state index contributed by atoms with van der Waals surface area (Å²) >= 11 is 0. The highest BCUT2D eigenvalue weighted by atomic mass is 16.3. The summed E-state index contributed by atoms with van der Waals surface area (Å²) in [4.78, 5) is 11.5. The summed E-state index contributed by atoms with van der Waals surface area (Å²) in [5.41, 5.74) is 5.53. The van der Waals surface area contributed by atoms with Crippen molar-refractivity contribution in [3.63, 3.8) is 0 Å². The van der Waals surface area contributed by atoms with Gasteiger partial charge in [0.15, 0.2) is 0 Å². The first kappa shape index (κ1) is 12.5. The zero-order valence-corrected chi connectivity index (χ0v) is 9.46. The summed E-state index contributed by atoms with van der Waals surface area (Å²) in [5.74, 6) is -0.0998. The fourth-order valence-electron chi connectivity index (χ4n) is 2.11. The number of hydrogen-bond acceptors (Lipinski definition) is 3. The van der Waals surface area contributed by atoms with Gasteiger partial charge in [-0.05, 0) is 19.3 Å². The zero-order valence-electron chi connectivity index (χ0n) is 9.46. The molecule has 15 heavy (non-hydrogen) atoms. The maximum atomic E-state index is 11.5. The Morgan fingerprint density at radius 3 is 2.60 bits per heavy atom. The third-order valence-corrected chi connectivity index (χ3v) is 3.41. The number of aliphatic hydroxyl groups is 1. The van der Waals surface area contributed by atoms with Crippen molar-refractivity contribution in [2.24, 2.45) is 11.1 Å². The van der Waals surface area contributed by atoms with Gasteiger partial charge in [-0.25, -0.2) is 0 Å². The molecule has 0 aromatic rings. The van der Waals surface area contributed by atoms with Crippen molar-refractivity contribution in [1.29, 1.82) is 0 Å². The predicted molar refractivity (Wildman–Crippen MR) is 59.3 cm³/mol. The van der Waals surface area contributed by atoms with Crippen LogP contribution in [0.25, 0.3) is 0 Å². The number of amides is 1. The standard InChI is InChI=1S/C11H22N2O2/c1-2-9(12)10(15)13-7-11(8-14)5-3-4-6-11/h9,14H,2-8,12H2,1H3,(H,13,15)/t9-/m0/s1. The quantitative estimate of drug-likeness (QED) is 0.620. The minimum absolute atomic E-state index is 0.0802. The van der Waals surface area contributed by atoms with Crippen molar-refractivity contribution in [3.8, 4) is 0 Å². The Hall–Kier alpha value is -0.610. The Labute approximate surface area is 91.2 Å². The van der Waals surface area contributed by atoms with E-state index in [0.717, 1.165) is 25.7 Å². The van der Waals surface area contributed by atoms with Crippen molar-refractivity contribution in [3.05, 3.63) is 0 Å². The van der Waals surface area contributed by atoms with Crippen molar-refractivity contribution in [2.75, 3.05) is 13.2 Å². The molecule has 0 unspecified atom stereocenters. The average molecular weight is 214 g/mol. The van der Waals surface area contributed by atoms with Crippen LogP contribution in [0.1, 0.15) is 39.0 Å². The summed E-state index contributed by atoms with van der Waals surface area (Å²) < 4.78 is 0. The van der Waals surface area contributed by atoms with Crippen LogP contribution in [0.5, 0.6) is 0 Å². The number of carbonyl (C=O) groups is 1. The van der Waals surface area contributed by atoms with E-state index in [2.05, 4.69) is 5.32 Å². The van der Waals surface area contributed by atoms with Gasteiger partial charge in [-0.15, -0.1) is 0 Å². The number of nitrogens with two attached hydrogens (primary N) is 1. The molecule has 4 N–H and O–H groups in total. The van der Waals surface area contributed by atoms with Crippen LogP contribution in [0, 0.1) is 5.41 Å². The number of carbonyl (C=O) groups excluding carboxylic acids is 1. The van der Waals surface area contributed by atoms with Crippen LogP contribution in [0.2, 0.25) is 0 Å². The average Bonchev–Trinajstić information content (AvgIpc) is 2.74. The molecule has 1 amide bonds. The third kappa shape index (κ3) is 3.18. The van der Waals surface area contributed by atoms with Crippen LogP contribution >= 0.6 is 0 Å². The zero-order chi connectivity index (χ0) is 11.3. The van der Waals surface area contributed by atoms with Gasteiger partial charge in [0.25, 0.3) is 0 Å². The molecule has 4 heteroatoms. The Morgan fingerprint density at radius 1 is 1.53 bits per heavy atom. The van der Waals surface area contributed by atoms with Crippen LogP contribution in [-0.4, -0.2) is 30.2 Å².